The van der Waals surface area contributed by atoms with Crippen LogP contribution in [0.15, 0.2) is 24.3 Å². The van der Waals surface area contributed by atoms with Gasteiger partial charge in [0.2, 0.25) is 0 Å². The number of hydrogen-bond acceptors (Lipinski definition) is 2. The summed E-state index contributed by atoms with van der Waals surface area (Å²) < 4.78 is 0. The third kappa shape index (κ3) is 2.88. The Bertz CT molecular complexity index is 351. The summed E-state index contributed by atoms with van der Waals surface area (Å²) in [4.78, 5) is 2.58. The van der Waals surface area contributed by atoms with Crippen LogP contribution in [0.5, 0.6) is 0 Å². The monoisotopic (exact) mass is 233 g/mol. The average molecular weight is 233 g/mol. The lowest BCUT2D eigenvalue weighted by Crippen LogP contribution is -2.35. The van der Waals surface area contributed by atoms with E-state index in [1.807, 2.05) is 0 Å². The van der Waals surface area contributed by atoms with Crippen LogP contribution in [0.25, 0.3) is 0 Å². The number of hydrogen-bond donors (Lipinski definition) is 1. The highest BCUT2D eigenvalue weighted by atomic mass is 16.2. The lowest BCUT2D eigenvalue weighted by molar-refractivity contribution is 0.170. The van der Waals surface area contributed by atoms with Gasteiger partial charge in [0.05, 0.1) is 0 Å². The standard InChI is InChI=1S/C15H23NO/c1-2-15-14-8-4-3-7-13(14)9-11-16(15)10-5-6-12-17/h3-4,7-8,15,17H,2,5-6,9-12H2,1H3. The summed E-state index contributed by atoms with van der Waals surface area (Å²) in [6.07, 6.45) is 4.38. The van der Waals surface area contributed by atoms with E-state index in [0.717, 1.165) is 19.4 Å². The zero-order valence-corrected chi connectivity index (χ0v) is 10.7. The maximum absolute atomic E-state index is 8.86. The van der Waals surface area contributed by atoms with Gasteiger partial charge in [-0.3, -0.25) is 4.90 Å². The molecule has 94 valence electrons. The fraction of sp³-hybridized carbons (Fsp3) is 0.600. The van der Waals surface area contributed by atoms with Gasteiger partial charge in [0.1, 0.15) is 0 Å². The van der Waals surface area contributed by atoms with Gasteiger partial charge in [-0.15, -0.1) is 0 Å². The molecule has 17 heavy (non-hydrogen) atoms. The Morgan fingerprint density at radius 1 is 1.29 bits per heavy atom. The van der Waals surface area contributed by atoms with Crippen molar-refractivity contribution in [1.82, 2.24) is 4.90 Å². The van der Waals surface area contributed by atoms with Gasteiger partial charge in [0.15, 0.2) is 0 Å². The Balaban J connectivity index is 2.06. The minimum absolute atomic E-state index is 0.321. The van der Waals surface area contributed by atoms with E-state index in [1.54, 1.807) is 0 Å². The van der Waals surface area contributed by atoms with Crippen LogP contribution in [0, 0.1) is 0 Å². The Morgan fingerprint density at radius 2 is 2.12 bits per heavy atom. The summed E-state index contributed by atoms with van der Waals surface area (Å²) >= 11 is 0. The summed E-state index contributed by atoms with van der Waals surface area (Å²) in [7, 11) is 0. The first-order chi connectivity index (χ1) is 8.36. The highest BCUT2D eigenvalue weighted by Crippen LogP contribution is 2.31. The molecule has 2 heteroatoms. The van der Waals surface area contributed by atoms with Crippen molar-refractivity contribution in [3.8, 4) is 0 Å². The first-order valence-corrected chi connectivity index (χ1v) is 6.79. The molecule has 0 aromatic heterocycles. The van der Waals surface area contributed by atoms with Gasteiger partial charge >= 0.3 is 0 Å². The molecule has 1 aliphatic heterocycles. The van der Waals surface area contributed by atoms with Gasteiger partial charge in [0.25, 0.3) is 0 Å². The van der Waals surface area contributed by atoms with Gasteiger partial charge < -0.3 is 5.11 Å². The van der Waals surface area contributed by atoms with Crippen LogP contribution in [0.2, 0.25) is 0 Å². The molecule has 1 aromatic rings. The molecule has 2 nitrogen and oxygen atoms in total. The molecule has 1 atom stereocenters. The van der Waals surface area contributed by atoms with Gasteiger partial charge in [-0.05, 0) is 43.4 Å². The van der Waals surface area contributed by atoms with E-state index in [9.17, 15) is 0 Å². The van der Waals surface area contributed by atoms with Crippen molar-refractivity contribution in [3.63, 3.8) is 0 Å². The smallest absolute Gasteiger partial charge is 0.0431 e. The summed E-state index contributed by atoms with van der Waals surface area (Å²) in [5.41, 5.74) is 3.04. The lowest BCUT2D eigenvalue weighted by atomic mass is 9.91. The van der Waals surface area contributed by atoms with Crippen LogP contribution in [0.4, 0.5) is 0 Å². The molecular formula is C15H23NO. The second-order valence-electron chi connectivity index (χ2n) is 4.84. The van der Waals surface area contributed by atoms with E-state index in [4.69, 9.17) is 5.11 Å². The minimum Gasteiger partial charge on any atom is -0.396 e. The van der Waals surface area contributed by atoms with Gasteiger partial charge in [0, 0.05) is 19.2 Å². The van der Waals surface area contributed by atoms with Crippen molar-refractivity contribution < 1.29 is 5.11 Å². The third-order valence-electron chi connectivity index (χ3n) is 3.76. The molecular weight excluding hydrogens is 210 g/mol. The highest BCUT2D eigenvalue weighted by Gasteiger charge is 2.24. The number of aliphatic hydroxyl groups excluding tert-OH is 1. The molecule has 1 aliphatic rings. The fourth-order valence-corrected chi connectivity index (χ4v) is 2.88. The molecule has 0 saturated carbocycles. The van der Waals surface area contributed by atoms with Crippen LogP contribution >= 0.6 is 0 Å². The second kappa shape index (κ2) is 6.18. The number of rotatable bonds is 5. The predicted molar refractivity (Wildman–Crippen MR) is 71.1 cm³/mol. The van der Waals surface area contributed by atoms with Crippen LogP contribution in [0.1, 0.15) is 43.4 Å². The van der Waals surface area contributed by atoms with Gasteiger partial charge in [-0.2, -0.15) is 0 Å². The molecule has 0 saturated heterocycles. The molecule has 0 bridgehead atoms. The topological polar surface area (TPSA) is 23.5 Å². The fourth-order valence-electron chi connectivity index (χ4n) is 2.88. The number of aliphatic hydroxyl groups is 1. The zero-order valence-electron chi connectivity index (χ0n) is 10.7. The van der Waals surface area contributed by atoms with Crippen molar-refractivity contribution in [2.24, 2.45) is 0 Å². The lowest BCUT2D eigenvalue weighted by Gasteiger charge is -2.37. The van der Waals surface area contributed by atoms with E-state index in [2.05, 4.69) is 36.1 Å². The Hall–Kier alpha value is -0.860. The first kappa shape index (κ1) is 12.6. The Kier molecular flexibility index (Phi) is 4.57. The Labute approximate surface area is 104 Å². The summed E-state index contributed by atoms with van der Waals surface area (Å²) in [5, 5.41) is 8.86. The number of fused-ring (bicyclic) bond motifs is 1. The third-order valence-corrected chi connectivity index (χ3v) is 3.76. The van der Waals surface area contributed by atoms with Crippen molar-refractivity contribution in [1.29, 1.82) is 0 Å². The molecule has 1 N–H and O–H groups in total. The van der Waals surface area contributed by atoms with Gasteiger partial charge in [-0.25, -0.2) is 0 Å². The minimum atomic E-state index is 0.321. The molecule has 1 unspecified atom stereocenters. The largest absolute Gasteiger partial charge is 0.396 e. The predicted octanol–water partition coefficient (Wildman–Crippen LogP) is 2.77. The zero-order chi connectivity index (χ0) is 12.1. The van der Waals surface area contributed by atoms with E-state index in [-0.39, 0.29) is 0 Å². The maximum Gasteiger partial charge on any atom is 0.0431 e. The number of nitrogens with zero attached hydrogens (tertiary/aromatic N) is 1. The van der Waals surface area contributed by atoms with Crippen LogP contribution in [0.3, 0.4) is 0 Å². The van der Waals surface area contributed by atoms with Crippen molar-refractivity contribution in [2.45, 2.75) is 38.6 Å². The molecule has 0 radical (unpaired) electrons. The highest BCUT2D eigenvalue weighted by molar-refractivity contribution is 5.32. The van der Waals surface area contributed by atoms with Crippen LogP contribution < -0.4 is 0 Å². The van der Waals surface area contributed by atoms with E-state index in [0.29, 0.717) is 12.6 Å². The molecule has 0 spiro atoms. The summed E-state index contributed by atoms with van der Waals surface area (Å²) in [5.74, 6) is 0. The SMILES string of the molecule is CCC1c2ccccc2CCN1CCCCO. The van der Waals surface area contributed by atoms with Crippen molar-refractivity contribution in [2.75, 3.05) is 19.7 Å². The van der Waals surface area contributed by atoms with Crippen molar-refractivity contribution in [3.05, 3.63) is 35.4 Å². The first-order valence-electron chi connectivity index (χ1n) is 6.79. The maximum atomic E-state index is 8.86. The molecule has 1 aromatic carbocycles. The summed E-state index contributed by atoms with van der Waals surface area (Å²) in [6.45, 7) is 4.88. The molecule has 2 rings (SSSR count). The van der Waals surface area contributed by atoms with Crippen LogP contribution in [-0.4, -0.2) is 29.7 Å². The Morgan fingerprint density at radius 3 is 2.88 bits per heavy atom. The normalized spacial score (nSPS) is 20.2. The second-order valence-corrected chi connectivity index (χ2v) is 4.84. The molecule has 0 aliphatic carbocycles. The number of unbranched alkanes of at least 4 members (excludes halogenated alkanes) is 1. The average Bonchev–Trinajstić information content (AvgIpc) is 2.38. The summed E-state index contributed by atoms with van der Waals surface area (Å²) in [6, 6.07) is 9.43. The quantitative estimate of drug-likeness (QED) is 0.791. The number of benzene rings is 1. The molecule has 0 fully saturated rings. The molecule has 1 heterocycles. The van der Waals surface area contributed by atoms with E-state index in [1.165, 1.54) is 30.5 Å². The van der Waals surface area contributed by atoms with Gasteiger partial charge in [-0.1, -0.05) is 31.2 Å². The van der Waals surface area contributed by atoms with E-state index < -0.39 is 0 Å². The molecule has 0 amide bonds. The van der Waals surface area contributed by atoms with Crippen LogP contribution in [-0.2, 0) is 6.42 Å². The van der Waals surface area contributed by atoms with Crippen molar-refractivity contribution >= 4 is 0 Å². The van der Waals surface area contributed by atoms with E-state index >= 15 is 0 Å².